The summed E-state index contributed by atoms with van der Waals surface area (Å²) >= 11 is 6.95. The number of pyridine rings is 1. The van der Waals surface area contributed by atoms with E-state index in [1.54, 1.807) is 13.3 Å². The molecule has 0 aliphatic carbocycles. The third-order valence-electron chi connectivity index (χ3n) is 2.01. The number of alkyl halides is 1. The van der Waals surface area contributed by atoms with Crippen molar-refractivity contribution in [2.45, 2.75) is 0 Å². The molecule has 0 bridgehead atoms. The van der Waals surface area contributed by atoms with Crippen molar-refractivity contribution < 1.29 is 4.74 Å². The Balaban J connectivity index is 2.74. The number of hydrogen-bond acceptors (Lipinski definition) is 3. The van der Waals surface area contributed by atoms with Gasteiger partial charge in [-0.1, -0.05) is 15.9 Å². The molecule has 0 aliphatic heterocycles. The molecule has 0 spiro atoms. The first-order chi connectivity index (χ1) is 7.29. The standard InChI is InChI=1S/C10H14Br2N2O/c1-15-7-6-14(5-3-11)10-2-4-13-8-9(10)12/h2,4,8H,3,5-7H2,1H3. The maximum atomic E-state index is 5.09. The van der Waals surface area contributed by atoms with E-state index >= 15 is 0 Å². The fraction of sp³-hybridized carbons (Fsp3) is 0.500. The van der Waals surface area contributed by atoms with Crippen LogP contribution < -0.4 is 4.90 Å². The van der Waals surface area contributed by atoms with Crippen molar-refractivity contribution >= 4 is 37.5 Å². The first kappa shape index (κ1) is 12.9. The lowest BCUT2D eigenvalue weighted by Gasteiger charge is -2.24. The van der Waals surface area contributed by atoms with Crippen molar-refractivity contribution in [1.29, 1.82) is 0 Å². The summed E-state index contributed by atoms with van der Waals surface area (Å²) in [6.45, 7) is 2.55. The van der Waals surface area contributed by atoms with Gasteiger partial charge in [-0.25, -0.2) is 0 Å². The van der Waals surface area contributed by atoms with Gasteiger partial charge in [0.1, 0.15) is 0 Å². The van der Waals surface area contributed by atoms with Gasteiger partial charge in [0.2, 0.25) is 0 Å². The fourth-order valence-electron chi connectivity index (χ4n) is 1.28. The molecule has 5 heteroatoms. The zero-order valence-corrected chi connectivity index (χ0v) is 11.8. The molecule has 0 aliphatic rings. The number of halogens is 2. The smallest absolute Gasteiger partial charge is 0.0637 e. The van der Waals surface area contributed by atoms with E-state index < -0.39 is 0 Å². The minimum atomic E-state index is 0.724. The maximum Gasteiger partial charge on any atom is 0.0637 e. The van der Waals surface area contributed by atoms with E-state index in [9.17, 15) is 0 Å². The molecular weight excluding hydrogens is 324 g/mol. The van der Waals surface area contributed by atoms with E-state index in [0.717, 1.165) is 35.2 Å². The lowest BCUT2D eigenvalue weighted by atomic mass is 10.3. The molecule has 0 radical (unpaired) electrons. The van der Waals surface area contributed by atoms with Crippen molar-refractivity contribution in [3.8, 4) is 0 Å². The van der Waals surface area contributed by atoms with Gasteiger partial charge >= 0.3 is 0 Å². The summed E-state index contributed by atoms with van der Waals surface area (Å²) in [6, 6.07) is 2.00. The molecule has 1 aromatic heterocycles. The van der Waals surface area contributed by atoms with Crippen LogP contribution in [0.2, 0.25) is 0 Å². The molecule has 1 aromatic rings. The predicted molar refractivity (Wildman–Crippen MR) is 69.8 cm³/mol. The Morgan fingerprint density at radius 1 is 1.47 bits per heavy atom. The first-order valence-electron chi connectivity index (χ1n) is 4.69. The minimum Gasteiger partial charge on any atom is -0.383 e. The van der Waals surface area contributed by atoms with E-state index in [0.29, 0.717) is 0 Å². The maximum absolute atomic E-state index is 5.09. The number of nitrogens with zero attached hydrogens (tertiary/aromatic N) is 2. The second kappa shape index (κ2) is 7.19. The number of ether oxygens (including phenoxy) is 1. The molecule has 1 rings (SSSR count). The number of hydrogen-bond donors (Lipinski definition) is 0. The second-order valence-corrected chi connectivity index (χ2v) is 4.64. The Labute approximate surface area is 107 Å². The molecular formula is C10H14Br2N2O. The van der Waals surface area contributed by atoms with E-state index in [4.69, 9.17) is 4.74 Å². The molecule has 0 unspecified atom stereocenters. The van der Waals surface area contributed by atoms with Crippen LogP contribution in [-0.2, 0) is 4.74 Å². The number of rotatable bonds is 6. The zero-order valence-electron chi connectivity index (χ0n) is 8.62. The van der Waals surface area contributed by atoms with E-state index in [1.807, 2.05) is 12.3 Å². The average Bonchev–Trinajstić information content (AvgIpc) is 2.25. The SMILES string of the molecule is COCCN(CCBr)c1ccncc1Br. The van der Waals surface area contributed by atoms with Crippen molar-refractivity contribution in [2.75, 3.05) is 37.0 Å². The topological polar surface area (TPSA) is 25.4 Å². The third kappa shape index (κ3) is 4.09. The van der Waals surface area contributed by atoms with Crippen molar-refractivity contribution in [3.05, 3.63) is 22.9 Å². The largest absolute Gasteiger partial charge is 0.383 e. The Hall–Kier alpha value is -0.130. The molecule has 3 nitrogen and oxygen atoms in total. The Morgan fingerprint density at radius 2 is 2.27 bits per heavy atom. The second-order valence-electron chi connectivity index (χ2n) is 3.00. The summed E-state index contributed by atoms with van der Waals surface area (Å²) < 4.78 is 6.11. The molecule has 0 fully saturated rings. The molecule has 0 amide bonds. The summed E-state index contributed by atoms with van der Waals surface area (Å²) in [4.78, 5) is 6.31. The molecule has 0 saturated heterocycles. The summed E-state index contributed by atoms with van der Waals surface area (Å²) in [5, 5.41) is 0.936. The van der Waals surface area contributed by atoms with Crippen LogP contribution in [0.5, 0.6) is 0 Å². The Kier molecular flexibility index (Phi) is 6.20. The summed E-state index contributed by atoms with van der Waals surface area (Å²) in [6.07, 6.45) is 3.61. The van der Waals surface area contributed by atoms with Gasteiger partial charge in [-0.3, -0.25) is 4.98 Å². The van der Waals surface area contributed by atoms with Crippen LogP contribution in [0, 0.1) is 0 Å². The van der Waals surface area contributed by atoms with Crippen LogP contribution in [0.4, 0.5) is 5.69 Å². The summed E-state index contributed by atoms with van der Waals surface area (Å²) in [7, 11) is 1.72. The third-order valence-corrected chi connectivity index (χ3v) is 2.98. The Bertz CT molecular complexity index is 297. The van der Waals surface area contributed by atoms with Crippen molar-refractivity contribution in [1.82, 2.24) is 4.98 Å². The minimum absolute atomic E-state index is 0.724. The molecule has 84 valence electrons. The lowest BCUT2D eigenvalue weighted by Crippen LogP contribution is -2.29. The molecule has 0 aromatic carbocycles. The number of methoxy groups -OCH3 is 1. The highest BCUT2D eigenvalue weighted by Gasteiger charge is 2.08. The summed E-state index contributed by atoms with van der Waals surface area (Å²) in [5.74, 6) is 0. The highest BCUT2D eigenvalue weighted by molar-refractivity contribution is 9.10. The number of aromatic nitrogens is 1. The van der Waals surface area contributed by atoms with Gasteiger partial charge in [0.15, 0.2) is 0 Å². The van der Waals surface area contributed by atoms with Crippen molar-refractivity contribution in [3.63, 3.8) is 0 Å². The normalized spacial score (nSPS) is 10.3. The number of anilines is 1. The Morgan fingerprint density at radius 3 is 2.87 bits per heavy atom. The van der Waals surface area contributed by atoms with Gasteiger partial charge in [0, 0.05) is 37.9 Å². The fourth-order valence-corrected chi connectivity index (χ4v) is 2.21. The summed E-state index contributed by atoms with van der Waals surface area (Å²) in [5.41, 5.74) is 1.15. The molecule has 0 saturated carbocycles. The average molecular weight is 338 g/mol. The molecule has 15 heavy (non-hydrogen) atoms. The molecule has 0 atom stereocenters. The van der Waals surface area contributed by atoms with Gasteiger partial charge in [0.25, 0.3) is 0 Å². The highest BCUT2D eigenvalue weighted by atomic mass is 79.9. The van der Waals surface area contributed by atoms with Gasteiger partial charge < -0.3 is 9.64 Å². The van der Waals surface area contributed by atoms with E-state index in [2.05, 4.69) is 41.7 Å². The van der Waals surface area contributed by atoms with Crippen LogP contribution >= 0.6 is 31.9 Å². The van der Waals surface area contributed by atoms with Crippen LogP contribution in [-0.4, -0.2) is 37.1 Å². The van der Waals surface area contributed by atoms with Gasteiger partial charge in [-0.2, -0.15) is 0 Å². The quantitative estimate of drug-likeness (QED) is 0.746. The lowest BCUT2D eigenvalue weighted by molar-refractivity contribution is 0.205. The van der Waals surface area contributed by atoms with E-state index in [1.165, 1.54) is 0 Å². The van der Waals surface area contributed by atoms with Crippen LogP contribution in [0.25, 0.3) is 0 Å². The van der Waals surface area contributed by atoms with Crippen molar-refractivity contribution in [2.24, 2.45) is 0 Å². The predicted octanol–water partition coefficient (Wildman–Crippen LogP) is 2.69. The van der Waals surface area contributed by atoms with Crippen LogP contribution in [0.1, 0.15) is 0 Å². The first-order valence-corrected chi connectivity index (χ1v) is 6.60. The molecule has 0 N–H and O–H groups in total. The zero-order chi connectivity index (χ0) is 11.1. The van der Waals surface area contributed by atoms with Crippen LogP contribution in [0.3, 0.4) is 0 Å². The van der Waals surface area contributed by atoms with Gasteiger partial charge in [-0.05, 0) is 22.0 Å². The van der Waals surface area contributed by atoms with Gasteiger partial charge in [-0.15, -0.1) is 0 Å². The van der Waals surface area contributed by atoms with Gasteiger partial charge in [0.05, 0.1) is 16.8 Å². The highest BCUT2D eigenvalue weighted by Crippen LogP contribution is 2.24. The monoisotopic (exact) mass is 336 g/mol. The van der Waals surface area contributed by atoms with E-state index in [-0.39, 0.29) is 0 Å². The van der Waals surface area contributed by atoms with Crippen LogP contribution in [0.15, 0.2) is 22.9 Å². The molecule has 1 heterocycles.